The molecule has 4 N–H and O–H groups in total. The summed E-state index contributed by atoms with van der Waals surface area (Å²) in [4.78, 5) is 5.21. The summed E-state index contributed by atoms with van der Waals surface area (Å²) in [5.74, 6) is 0. The van der Waals surface area contributed by atoms with Crippen LogP contribution in [0.15, 0.2) is 35.5 Å². The highest BCUT2D eigenvalue weighted by Gasteiger charge is 2.59. The van der Waals surface area contributed by atoms with Crippen molar-refractivity contribution < 1.29 is 30.0 Å². The van der Waals surface area contributed by atoms with Crippen molar-refractivity contribution in [2.24, 2.45) is 5.16 Å². The van der Waals surface area contributed by atoms with E-state index in [1.165, 1.54) is 0 Å². The molecule has 0 amide bonds. The summed E-state index contributed by atoms with van der Waals surface area (Å²) < 4.78 is 5.45. The first-order valence-electron chi connectivity index (χ1n) is 6.41. The highest BCUT2D eigenvalue weighted by Crippen LogP contribution is 2.45. The van der Waals surface area contributed by atoms with Crippen molar-refractivity contribution in [3.05, 3.63) is 35.9 Å². The SMILES string of the molecule is OC[C@H]1OC2(ON=C(c3ccccc3)S2)[C@H](O)[C@@H](O)[C@@H]1O. The third-order valence-electron chi connectivity index (χ3n) is 3.43. The molecule has 0 aromatic heterocycles. The summed E-state index contributed by atoms with van der Waals surface area (Å²) in [6.07, 6.45) is -5.49. The molecule has 114 valence electrons. The van der Waals surface area contributed by atoms with Gasteiger partial charge in [-0.3, -0.25) is 0 Å². The number of aliphatic hydroxyl groups excluding tert-OH is 4. The van der Waals surface area contributed by atoms with Gasteiger partial charge >= 0.3 is 5.12 Å². The lowest BCUT2D eigenvalue weighted by Gasteiger charge is -2.43. The second kappa shape index (κ2) is 5.56. The van der Waals surface area contributed by atoms with Crippen molar-refractivity contribution in [3.8, 4) is 0 Å². The standard InChI is InChI=1S/C13H15NO6S/c15-6-8-9(16)10(17)11(18)13(19-8)20-14-12(21-13)7-4-2-1-3-5-7/h1-5,8-11,15-18H,6H2/t8-,9-,10+,11-,13?/m1/s1. The number of nitrogens with zero attached hydrogens (tertiary/aromatic N) is 1. The van der Waals surface area contributed by atoms with E-state index in [0.717, 1.165) is 17.3 Å². The van der Waals surface area contributed by atoms with Gasteiger partial charge in [-0.2, -0.15) is 0 Å². The molecular weight excluding hydrogens is 298 g/mol. The molecule has 1 aromatic carbocycles. The number of aliphatic hydroxyl groups is 4. The molecule has 1 aromatic rings. The summed E-state index contributed by atoms with van der Waals surface area (Å²) >= 11 is 0.993. The van der Waals surface area contributed by atoms with Crippen molar-refractivity contribution in [2.45, 2.75) is 29.5 Å². The van der Waals surface area contributed by atoms with Crippen LogP contribution in [-0.4, -0.2) is 61.6 Å². The zero-order chi connectivity index (χ0) is 15.0. The van der Waals surface area contributed by atoms with Gasteiger partial charge in [-0.1, -0.05) is 35.5 Å². The van der Waals surface area contributed by atoms with E-state index in [9.17, 15) is 20.4 Å². The summed E-state index contributed by atoms with van der Waals surface area (Å²) in [7, 11) is 0. The molecule has 1 spiro atoms. The molecule has 7 nitrogen and oxygen atoms in total. The van der Waals surface area contributed by atoms with Crippen LogP contribution >= 0.6 is 11.8 Å². The maximum Gasteiger partial charge on any atom is 0.320 e. The minimum absolute atomic E-state index is 0.481. The van der Waals surface area contributed by atoms with Gasteiger partial charge in [-0.15, -0.1) is 0 Å². The van der Waals surface area contributed by atoms with E-state index in [-0.39, 0.29) is 0 Å². The van der Waals surface area contributed by atoms with Gasteiger partial charge in [0.2, 0.25) is 0 Å². The van der Waals surface area contributed by atoms with E-state index >= 15 is 0 Å². The maximum atomic E-state index is 10.1. The lowest BCUT2D eigenvalue weighted by Crippen LogP contribution is -2.63. The van der Waals surface area contributed by atoms with Crippen LogP contribution in [0, 0.1) is 0 Å². The van der Waals surface area contributed by atoms with Crippen LogP contribution in [-0.2, 0) is 9.57 Å². The van der Waals surface area contributed by atoms with E-state index in [4.69, 9.17) is 9.57 Å². The van der Waals surface area contributed by atoms with Crippen LogP contribution in [0.5, 0.6) is 0 Å². The summed E-state index contributed by atoms with van der Waals surface area (Å²) in [6, 6.07) is 9.15. The van der Waals surface area contributed by atoms with Crippen molar-refractivity contribution in [1.29, 1.82) is 0 Å². The Bertz CT molecular complexity index is 539. The quantitative estimate of drug-likeness (QED) is 0.568. The van der Waals surface area contributed by atoms with Crippen LogP contribution in [0.3, 0.4) is 0 Å². The first-order valence-corrected chi connectivity index (χ1v) is 7.22. The van der Waals surface area contributed by atoms with Gasteiger partial charge in [0.05, 0.1) is 6.61 Å². The van der Waals surface area contributed by atoms with Crippen molar-refractivity contribution >= 4 is 16.8 Å². The predicted octanol–water partition coefficient (Wildman–Crippen LogP) is -0.761. The van der Waals surface area contributed by atoms with Crippen LogP contribution < -0.4 is 0 Å². The van der Waals surface area contributed by atoms with E-state index in [2.05, 4.69) is 5.16 Å². The monoisotopic (exact) mass is 313 g/mol. The molecule has 5 atom stereocenters. The number of benzene rings is 1. The molecule has 2 heterocycles. The van der Waals surface area contributed by atoms with Crippen LogP contribution in [0.2, 0.25) is 0 Å². The molecule has 1 saturated heterocycles. The van der Waals surface area contributed by atoms with Crippen LogP contribution in [0.1, 0.15) is 5.56 Å². The van der Waals surface area contributed by atoms with Gasteiger partial charge in [0.1, 0.15) is 23.4 Å². The number of hydrogen-bond acceptors (Lipinski definition) is 8. The van der Waals surface area contributed by atoms with Crippen molar-refractivity contribution in [3.63, 3.8) is 0 Å². The number of hydrogen-bond donors (Lipinski definition) is 4. The average molecular weight is 313 g/mol. The Kier molecular flexibility index (Phi) is 3.91. The molecule has 0 bridgehead atoms. The average Bonchev–Trinajstić information content (AvgIpc) is 2.95. The Hall–Kier alpha value is -1.16. The molecule has 21 heavy (non-hydrogen) atoms. The Balaban J connectivity index is 1.83. The first kappa shape index (κ1) is 14.8. The normalized spacial score (nSPS) is 39.1. The van der Waals surface area contributed by atoms with Gasteiger partial charge in [0.25, 0.3) is 0 Å². The molecular formula is C13H15NO6S. The molecule has 2 aliphatic heterocycles. The molecule has 1 fully saturated rings. The lowest BCUT2D eigenvalue weighted by molar-refractivity contribution is -0.318. The van der Waals surface area contributed by atoms with Gasteiger partial charge in [-0.05, 0) is 11.8 Å². The van der Waals surface area contributed by atoms with Crippen LogP contribution in [0.25, 0.3) is 0 Å². The summed E-state index contributed by atoms with van der Waals surface area (Å²) in [5.41, 5.74) is 0.774. The molecule has 3 rings (SSSR count). The van der Waals surface area contributed by atoms with Crippen molar-refractivity contribution in [1.82, 2.24) is 0 Å². The first-order chi connectivity index (χ1) is 10.1. The summed E-state index contributed by atoms with van der Waals surface area (Å²) in [5, 5.41) is 41.7. The Labute approximate surface area is 124 Å². The maximum absolute atomic E-state index is 10.1. The minimum atomic E-state index is -1.67. The Morgan fingerprint density at radius 3 is 2.52 bits per heavy atom. The smallest absolute Gasteiger partial charge is 0.320 e. The zero-order valence-electron chi connectivity index (χ0n) is 10.9. The molecule has 0 saturated carbocycles. The summed E-state index contributed by atoms with van der Waals surface area (Å²) in [6.45, 7) is -0.517. The molecule has 8 heteroatoms. The van der Waals surface area contributed by atoms with E-state index in [1.54, 1.807) is 0 Å². The second-order valence-corrected chi connectivity index (χ2v) is 5.98. The number of thioether (sulfide) groups is 1. The Morgan fingerprint density at radius 1 is 1.14 bits per heavy atom. The second-order valence-electron chi connectivity index (χ2n) is 4.82. The molecule has 0 aliphatic carbocycles. The van der Waals surface area contributed by atoms with E-state index in [1.807, 2.05) is 30.3 Å². The molecule has 1 unspecified atom stereocenters. The number of oxime groups is 1. The zero-order valence-corrected chi connectivity index (χ0v) is 11.7. The topological polar surface area (TPSA) is 112 Å². The van der Waals surface area contributed by atoms with E-state index < -0.39 is 36.1 Å². The fraction of sp³-hybridized carbons (Fsp3) is 0.462. The van der Waals surface area contributed by atoms with E-state index in [0.29, 0.717) is 5.04 Å². The number of rotatable bonds is 2. The fourth-order valence-corrected chi connectivity index (χ4v) is 3.35. The number of ether oxygens (including phenoxy) is 1. The Morgan fingerprint density at radius 2 is 1.86 bits per heavy atom. The highest BCUT2D eigenvalue weighted by atomic mass is 32.2. The van der Waals surface area contributed by atoms with Crippen molar-refractivity contribution in [2.75, 3.05) is 6.61 Å². The van der Waals surface area contributed by atoms with Crippen LogP contribution in [0.4, 0.5) is 0 Å². The third-order valence-corrected chi connectivity index (χ3v) is 4.63. The fourth-order valence-electron chi connectivity index (χ4n) is 2.24. The van der Waals surface area contributed by atoms with Gasteiger partial charge in [-0.25, -0.2) is 0 Å². The largest absolute Gasteiger partial charge is 0.394 e. The highest BCUT2D eigenvalue weighted by molar-refractivity contribution is 8.15. The van der Waals surface area contributed by atoms with Gasteiger partial charge < -0.3 is 30.0 Å². The lowest BCUT2D eigenvalue weighted by atomic mass is 9.99. The van der Waals surface area contributed by atoms with Gasteiger partial charge in [0, 0.05) is 5.56 Å². The molecule has 2 aliphatic rings. The van der Waals surface area contributed by atoms with Gasteiger partial charge in [0.15, 0.2) is 6.10 Å². The third kappa shape index (κ3) is 2.44. The predicted molar refractivity (Wildman–Crippen MR) is 74.4 cm³/mol. The molecule has 0 radical (unpaired) electrons. The minimum Gasteiger partial charge on any atom is -0.394 e.